The van der Waals surface area contributed by atoms with Gasteiger partial charge in [0.05, 0.1) is 6.61 Å². The van der Waals surface area contributed by atoms with Crippen LogP contribution >= 0.6 is 0 Å². The smallest absolute Gasteiger partial charge is 0.191 e. The summed E-state index contributed by atoms with van der Waals surface area (Å²) in [4.78, 5) is 8.84. The zero-order valence-corrected chi connectivity index (χ0v) is 11.1. The molecule has 0 atom stereocenters. The highest BCUT2D eigenvalue weighted by atomic mass is 16.3. The van der Waals surface area contributed by atoms with Crippen molar-refractivity contribution in [3.63, 3.8) is 0 Å². The molecule has 1 fully saturated rings. The van der Waals surface area contributed by atoms with Gasteiger partial charge in [0.15, 0.2) is 5.96 Å². The lowest BCUT2D eigenvalue weighted by Crippen LogP contribution is -2.40. The highest BCUT2D eigenvalue weighted by Crippen LogP contribution is 2.03. The van der Waals surface area contributed by atoms with Crippen LogP contribution in [-0.2, 0) is 0 Å². The van der Waals surface area contributed by atoms with Crippen molar-refractivity contribution in [3.05, 3.63) is 0 Å². The molecule has 0 amide bonds. The molecule has 0 aromatic heterocycles. The van der Waals surface area contributed by atoms with Crippen LogP contribution in [0.25, 0.3) is 0 Å². The Kier molecular flexibility index (Phi) is 6.29. The fourth-order valence-corrected chi connectivity index (χ4v) is 1.94. The van der Waals surface area contributed by atoms with Gasteiger partial charge in [-0.05, 0) is 18.9 Å². The van der Waals surface area contributed by atoms with Crippen LogP contribution in [0.15, 0.2) is 4.99 Å². The Hall–Kier alpha value is -0.810. The number of rotatable bonds is 4. The molecule has 17 heavy (non-hydrogen) atoms. The number of nitrogens with zero attached hydrogens (tertiary/aromatic N) is 3. The summed E-state index contributed by atoms with van der Waals surface area (Å²) < 4.78 is 0. The largest absolute Gasteiger partial charge is 0.395 e. The van der Waals surface area contributed by atoms with E-state index < -0.39 is 0 Å². The van der Waals surface area contributed by atoms with Gasteiger partial charge < -0.3 is 15.7 Å². The summed E-state index contributed by atoms with van der Waals surface area (Å²) in [6, 6.07) is 0. The van der Waals surface area contributed by atoms with E-state index in [1.54, 1.807) is 0 Å². The average molecular weight is 242 g/mol. The summed E-state index contributed by atoms with van der Waals surface area (Å²) in [6.07, 6.45) is 1.08. The molecule has 1 aliphatic rings. The van der Waals surface area contributed by atoms with Gasteiger partial charge in [0.25, 0.3) is 0 Å². The second-order valence-corrected chi connectivity index (χ2v) is 5.00. The predicted octanol–water partition coefficient (Wildman–Crippen LogP) is -0.0429. The minimum Gasteiger partial charge on any atom is -0.395 e. The number of aliphatic hydroxyl groups excluding tert-OH is 1. The van der Waals surface area contributed by atoms with E-state index in [0.29, 0.717) is 11.9 Å². The van der Waals surface area contributed by atoms with Crippen molar-refractivity contribution in [1.82, 2.24) is 9.80 Å². The SMILES string of the molecule is CC(C)CN=C(N)N1CCCN(CCO)CC1. The van der Waals surface area contributed by atoms with Crippen LogP contribution < -0.4 is 5.73 Å². The maximum absolute atomic E-state index is 8.93. The van der Waals surface area contributed by atoms with Crippen LogP contribution in [-0.4, -0.2) is 66.7 Å². The molecule has 3 N–H and O–H groups in total. The Morgan fingerprint density at radius 2 is 2.06 bits per heavy atom. The molecule has 1 aliphatic heterocycles. The van der Waals surface area contributed by atoms with Gasteiger partial charge >= 0.3 is 0 Å². The zero-order chi connectivity index (χ0) is 12.7. The molecular weight excluding hydrogens is 216 g/mol. The number of aliphatic hydroxyl groups is 1. The molecule has 0 aliphatic carbocycles. The van der Waals surface area contributed by atoms with Crippen LogP contribution in [0.4, 0.5) is 0 Å². The van der Waals surface area contributed by atoms with Crippen molar-refractivity contribution in [2.75, 3.05) is 45.9 Å². The van der Waals surface area contributed by atoms with Gasteiger partial charge in [-0.3, -0.25) is 9.89 Å². The molecule has 1 saturated heterocycles. The highest BCUT2D eigenvalue weighted by Gasteiger charge is 2.15. The molecule has 1 rings (SSSR count). The molecule has 0 radical (unpaired) electrons. The zero-order valence-electron chi connectivity index (χ0n) is 11.1. The van der Waals surface area contributed by atoms with E-state index in [9.17, 15) is 0 Å². The van der Waals surface area contributed by atoms with Gasteiger partial charge in [0.1, 0.15) is 0 Å². The van der Waals surface area contributed by atoms with Gasteiger partial charge in [0.2, 0.25) is 0 Å². The van der Waals surface area contributed by atoms with Gasteiger partial charge in [-0.1, -0.05) is 13.8 Å². The first-order chi connectivity index (χ1) is 8.13. The van der Waals surface area contributed by atoms with Crippen molar-refractivity contribution in [3.8, 4) is 0 Å². The van der Waals surface area contributed by atoms with Gasteiger partial charge in [-0.25, -0.2) is 0 Å². The molecule has 5 heteroatoms. The average Bonchev–Trinajstić information content (AvgIpc) is 2.52. The van der Waals surface area contributed by atoms with Crippen LogP contribution in [0.2, 0.25) is 0 Å². The number of hydrogen-bond donors (Lipinski definition) is 2. The molecule has 5 nitrogen and oxygen atoms in total. The van der Waals surface area contributed by atoms with E-state index in [0.717, 1.165) is 45.7 Å². The first-order valence-corrected chi connectivity index (χ1v) is 6.51. The van der Waals surface area contributed by atoms with Crippen molar-refractivity contribution in [1.29, 1.82) is 0 Å². The molecule has 0 spiro atoms. The maximum Gasteiger partial charge on any atom is 0.191 e. The highest BCUT2D eigenvalue weighted by molar-refractivity contribution is 5.78. The molecule has 1 heterocycles. The minimum atomic E-state index is 0.233. The maximum atomic E-state index is 8.93. The monoisotopic (exact) mass is 242 g/mol. The number of aliphatic imine (C=N–C) groups is 1. The number of guanidine groups is 1. The summed E-state index contributed by atoms with van der Waals surface area (Å²) >= 11 is 0. The first-order valence-electron chi connectivity index (χ1n) is 6.51. The summed E-state index contributed by atoms with van der Waals surface area (Å²) in [5.74, 6) is 1.22. The number of nitrogens with two attached hydrogens (primary N) is 1. The molecule has 0 aromatic rings. The van der Waals surface area contributed by atoms with Crippen LogP contribution in [0.5, 0.6) is 0 Å². The topological polar surface area (TPSA) is 65.1 Å². The van der Waals surface area contributed by atoms with Crippen LogP contribution in [0.1, 0.15) is 20.3 Å². The molecule has 0 bridgehead atoms. The third-order valence-electron chi connectivity index (χ3n) is 2.95. The van der Waals surface area contributed by atoms with Crippen LogP contribution in [0.3, 0.4) is 0 Å². The Morgan fingerprint density at radius 1 is 1.29 bits per heavy atom. The van der Waals surface area contributed by atoms with E-state index in [4.69, 9.17) is 10.8 Å². The van der Waals surface area contributed by atoms with E-state index in [2.05, 4.69) is 28.6 Å². The Morgan fingerprint density at radius 3 is 2.71 bits per heavy atom. The Bertz CT molecular complexity index is 243. The molecule has 0 saturated carbocycles. The molecule has 100 valence electrons. The quantitative estimate of drug-likeness (QED) is 0.536. The third kappa shape index (κ3) is 5.37. The lowest BCUT2D eigenvalue weighted by molar-refractivity contribution is 0.201. The Balaban J connectivity index is 2.42. The second-order valence-electron chi connectivity index (χ2n) is 5.00. The van der Waals surface area contributed by atoms with E-state index in [-0.39, 0.29) is 6.61 Å². The van der Waals surface area contributed by atoms with Crippen molar-refractivity contribution in [2.45, 2.75) is 20.3 Å². The molecular formula is C12H26N4O. The lowest BCUT2D eigenvalue weighted by Gasteiger charge is -2.22. The number of β-amino-alcohol motifs (C(OH)–C–C–N with tert-alkyl or cyclic N) is 1. The molecule has 0 aromatic carbocycles. The van der Waals surface area contributed by atoms with Crippen LogP contribution in [0, 0.1) is 5.92 Å². The van der Waals surface area contributed by atoms with Crippen molar-refractivity contribution in [2.24, 2.45) is 16.6 Å². The normalized spacial score (nSPS) is 19.8. The van der Waals surface area contributed by atoms with Gasteiger partial charge in [0, 0.05) is 32.7 Å². The first kappa shape index (κ1) is 14.3. The fourth-order valence-electron chi connectivity index (χ4n) is 1.94. The van der Waals surface area contributed by atoms with Gasteiger partial charge in [-0.15, -0.1) is 0 Å². The van der Waals surface area contributed by atoms with Gasteiger partial charge in [-0.2, -0.15) is 0 Å². The van der Waals surface area contributed by atoms with E-state index in [1.807, 2.05) is 0 Å². The van der Waals surface area contributed by atoms with E-state index in [1.165, 1.54) is 0 Å². The molecule has 0 unspecified atom stereocenters. The lowest BCUT2D eigenvalue weighted by atomic mass is 10.2. The summed E-state index contributed by atoms with van der Waals surface area (Å²) in [5.41, 5.74) is 5.99. The summed E-state index contributed by atoms with van der Waals surface area (Å²) in [5, 5.41) is 8.93. The third-order valence-corrected chi connectivity index (χ3v) is 2.95. The fraction of sp³-hybridized carbons (Fsp3) is 0.917. The standard InChI is InChI=1S/C12H26N4O/c1-11(2)10-14-12(13)16-5-3-4-15(6-7-16)8-9-17/h11,17H,3-10H2,1-2H3,(H2,13,14). The van der Waals surface area contributed by atoms with E-state index >= 15 is 0 Å². The Labute approximate surface area is 104 Å². The number of hydrogen-bond acceptors (Lipinski definition) is 3. The van der Waals surface area contributed by atoms with Crippen molar-refractivity contribution < 1.29 is 5.11 Å². The van der Waals surface area contributed by atoms with Crippen molar-refractivity contribution >= 4 is 5.96 Å². The summed E-state index contributed by atoms with van der Waals surface area (Å²) in [7, 11) is 0. The second kappa shape index (κ2) is 7.50. The minimum absolute atomic E-state index is 0.233. The predicted molar refractivity (Wildman–Crippen MR) is 71.0 cm³/mol. The summed E-state index contributed by atoms with van der Waals surface area (Å²) in [6.45, 7) is 9.94.